The molecule has 1 heterocycles. The number of amides is 1. The maximum Gasteiger partial charge on any atom is 0.352 e. The van der Waals surface area contributed by atoms with Gasteiger partial charge in [-0.25, -0.2) is 4.79 Å². The summed E-state index contributed by atoms with van der Waals surface area (Å²) in [4.78, 5) is 36.1. The van der Waals surface area contributed by atoms with Gasteiger partial charge in [0.05, 0.1) is 6.54 Å². The van der Waals surface area contributed by atoms with Crippen molar-refractivity contribution >= 4 is 28.7 Å². The summed E-state index contributed by atoms with van der Waals surface area (Å²) in [5.41, 5.74) is 1.11. The van der Waals surface area contributed by atoms with Crippen LogP contribution in [0.25, 0.3) is 10.9 Å². The molecule has 0 atom stereocenters. The largest absolute Gasteiger partial charge is 0.477 e. The second-order valence-corrected chi connectivity index (χ2v) is 4.39. The summed E-state index contributed by atoms with van der Waals surface area (Å²) in [6.45, 7) is 1.61. The summed E-state index contributed by atoms with van der Waals surface area (Å²) in [7, 11) is 0. The van der Waals surface area contributed by atoms with Gasteiger partial charge in [0.15, 0.2) is 0 Å². The number of ether oxygens (including phenoxy) is 1. The van der Waals surface area contributed by atoms with E-state index < -0.39 is 11.9 Å². The summed E-state index contributed by atoms with van der Waals surface area (Å²) < 4.78 is 4.70. The zero-order chi connectivity index (χ0) is 15.4. The van der Waals surface area contributed by atoms with Gasteiger partial charge in [-0.2, -0.15) is 0 Å². The molecule has 21 heavy (non-hydrogen) atoms. The van der Waals surface area contributed by atoms with E-state index >= 15 is 0 Å². The highest BCUT2D eigenvalue weighted by Crippen LogP contribution is 2.17. The summed E-state index contributed by atoms with van der Waals surface area (Å²) in [5, 5.41) is 12.1. The highest BCUT2D eigenvalue weighted by molar-refractivity contribution is 6.00. The van der Waals surface area contributed by atoms with Crippen LogP contribution in [0.5, 0.6) is 0 Å². The fraction of sp³-hybridized carbons (Fsp3) is 0.214. The van der Waals surface area contributed by atoms with Crippen molar-refractivity contribution in [1.29, 1.82) is 0 Å². The monoisotopic (exact) mass is 290 g/mol. The predicted molar refractivity (Wildman–Crippen MR) is 74.2 cm³/mol. The standard InChI is InChI=1S/C14H14N2O5/c1-8(17)21-5-4-15-13(18)9-2-3-11-10(6-9)7-12(16-11)14(19)20/h2-3,6-7,16H,4-5H2,1H3,(H,15,18)(H,19,20). The number of hydrogen-bond donors (Lipinski definition) is 3. The topological polar surface area (TPSA) is 108 Å². The lowest BCUT2D eigenvalue weighted by Gasteiger charge is -2.05. The van der Waals surface area contributed by atoms with E-state index in [2.05, 4.69) is 10.3 Å². The number of carboxylic acid groups (broad SMARTS) is 1. The highest BCUT2D eigenvalue weighted by Gasteiger charge is 2.10. The first kappa shape index (κ1) is 14.6. The van der Waals surface area contributed by atoms with Gasteiger partial charge in [-0.3, -0.25) is 9.59 Å². The lowest BCUT2D eigenvalue weighted by molar-refractivity contribution is -0.140. The van der Waals surface area contributed by atoms with Crippen LogP contribution >= 0.6 is 0 Å². The number of fused-ring (bicyclic) bond motifs is 1. The maximum absolute atomic E-state index is 11.9. The number of nitrogens with one attached hydrogen (secondary N) is 2. The Morgan fingerprint density at radius 2 is 2.05 bits per heavy atom. The van der Waals surface area contributed by atoms with Gasteiger partial charge in [0.25, 0.3) is 5.91 Å². The molecule has 0 aliphatic heterocycles. The van der Waals surface area contributed by atoms with Crippen molar-refractivity contribution in [1.82, 2.24) is 10.3 Å². The average Bonchev–Trinajstić information content (AvgIpc) is 2.86. The first-order valence-corrected chi connectivity index (χ1v) is 6.25. The zero-order valence-electron chi connectivity index (χ0n) is 11.3. The van der Waals surface area contributed by atoms with E-state index in [-0.39, 0.29) is 24.8 Å². The summed E-state index contributed by atoms with van der Waals surface area (Å²) >= 11 is 0. The van der Waals surface area contributed by atoms with Gasteiger partial charge >= 0.3 is 11.9 Å². The van der Waals surface area contributed by atoms with E-state index in [0.717, 1.165) is 0 Å². The minimum Gasteiger partial charge on any atom is -0.477 e. The van der Waals surface area contributed by atoms with Crippen LogP contribution in [0.1, 0.15) is 27.8 Å². The molecule has 1 amide bonds. The Kier molecular flexibility index (Phi) is 4.22. The lowest BCUT2D eigenvalue weighted by Crippen LogP contribution is -2.27. The van der Waals surface area contributed by atoms with Gasteiger partial charge in [0.1, 0.15) is 12.3 Å². The van der Waals surface area contributed by atoms with Crippen molar-refractivity contribution in [2.45, 2.75) is 6.92 Å². The van der Waals surface area contributed by atoms with Crippen LogP contribution in [-0.4, -0.2) is 41.1 Å². The number of carbonyl (C=O) groups is 3. The second-order valence-electron chi connectivity index (χ2n) is 4.39. The van der Waals surface area contributed by atoms with Crippen LogP contribution in [0.4, 0.5) is 0 Å². The molecule has 1 aromatic heterocycles. The molecule has 0 radical (unpaired) electrons. The van der Waals surface area contributed by atoms with Crippen LogP contribution in [0.2, 0.25) is 0 Å². The number of esters is 1. The number of H-pyrrole nitrogens is 1. The minimum absolute atomic E-state index is 0.0671. The zero-order valence-corrected chi connectivity index (χ0v) is 11.3. The first-order chi connectivity index (χ1) is 9.97. The van der Waals surface area contributed by atoms with E-state index in [4.69, 9.17) is 9.84 Å². The van der Waals surface area contributed by atoms with Crippen molar-refractivity contribution in [2.24, 2.45) is 0 Å². The van der Waals surface area contributed by atoms with Gasteiger partial charge in [0.2, 0.25) is 0 Å². The Bertz CT molecular complexity index is 704. The molecule has 0 saturated carbocycles. The molecule has 110 valence electrons. The molecule has 0 fully saturated rings. The fourth-order valence-corrected chi connectivity index (χ4v) is 1.85. The van der Waals surface area contributed by atoms with E-state index in [1.807, 2.05) is 0 Å². The highest BCUT2D eigenvalue weighted by atomic mass is 16.5. The molecule has 0 spiro atoms. The third-order valence-electron chi connectivity index (χ3n) is 2.81. The van der Waals surface area contributed by atoms with Crippen LogP contribution in [-0.2, 0) is 9.53 Å². The normalized spacial score (nSPS) is 10.3. The number of rotatable bonds is 5. The molecule has 0 aliphatic rings. The SMILES string of the molecule is CC(=O)OCCNC(=O)c1ccc2[nH]c(C(=O)O)cc2c1. The van der Waals surface area contributed by atoms with Crippen LogP contribution in [0.15, 0.2) is 24.3 Å². The van der Waals surface area contributed by atoms with E-state index in [1.165, 1.54) is 13.0 Å². The molecule has 2 aromatic rings. The van der Waals surface area contributed by atoms with Crippen LogP contribution in [0, 0.1) is 0 Å². The van der Waals surface area contributed by atoms with Crippen molar-refractivity contribution < 1.29 is 24.2 Å². The van der Waals surface area contributed by atoms with Crippen molar-refractivity contribution in [3.63, 3.8) is 0 Å². The van der Waals surface area contributed by atoms with Crippen molar-refractivity contribution in [3.8, 4) is 0 Å². The number of hydrogen-bond acceptors (Lipinski definition) is 4. The number of aromatic amines is 1. The number of carboxylic acids is 1. The molecular weight excluding hydrogens is 276 g/mol. The molecular formula is C14H14N2O5. The molecule has 7 nitrogen and oxygen atoms in total. The molecule has 0 bridgehead atoms. The van der Waals surface area contributed by atoms with Gasteiger partial charge in [-0.05, 0) is 24.3 Å². The second kappa shape index (κ2) is 6.08. The number of benzene rings is 1. The Hall–Kier alpha value is -2.83. The fourth-order valence-electron chi connectivity index (χ4n) is 1.85. The summed E-state index contributed by atoms with van der Waals surface area (Å²) in [6.07, 6.45) is 0. The molecule has 0 saturated heterocycles. The lowest BCUT2D eigenvalue weighted by atomic mass is 10.1. The number of carbonyl (C=O) groups excluding carboxylic acids is 2. The Balaban J connectivity index is 2.05. The van der Waals surface area contributed by atoms with E-state index in [0.29, 0.717) is 16.5 Å². The van der Waals surface area contributed by atoms with Crippen LogP contribution < -0.4 is 5.32 Å². The molecule has 0 aliphatic carbocycles. The molecule has 3 N–H and O–H groups in total. The summed E-state index contributed by atoms with van der Waals surface area (Å²) in [6, 6.07) is 6.29. The van der Waals surface area contributed by atoms with Crippen molar-refractivity contribution in [2.75, 3.05) is 13.2 Å². The van der Waals surface area contributed by atoms with Gasteiger partial charge < -0.3 is 20.1 Å². The quantitative estimate of drug-likeness (QED) is 0.565. The molecule has 1 aromatic carbocycles. The number of aromatic nitrogens is 1. The maximum atomic E-state index is 11.9. The van der Waals surface area contributed by atoms with E-state index in [9.17, 15) is 14.4 Å². The smallest absolute Gasteiger partial charge is 0.352 e. The number of aromatic carboxylic acids is 1. The summed E-state index contributed by atoms with van der Waals surface area (Å²) in [5.74, 6) is -1.78. The average molecular weight is 290 g/mol. The van der Waals surface area contributed by atoms with Gasteiger partial charge in [-0.15, -0.1) is 0 Å². The Morgan fingerprint density at radius 3 is 2.71 bits per heavy atom. The third kappa shape index (κ3) is 3.59. The minimum atomic E-state index is -1.06. The Labute approximate surface area is 119 Å². The molecule has 2 rings (SSSR count). The molecule has 7 heteroatoms. The predicted octanol–water partition coefficient (Wildman–Crippen LogP) is 1.16. The van der Waals surface area contributed by atoms with Crippen LogP contribution in [0.3, 0.4) is 0 Å². The van der Waals surface area contributed by atoms with Gasteiger partial charge in [0, 0.05) is 23.4 Å². The first-order valence-electron chi connectivity index (χ1n) is 6.25. The Morgan fingerprint density at radius 1 is 1.29 bits per heavy atom. The van der Waals surface area contributed by atoms with E-state index in [1.54, 1.807) is 18.2 Å². The van der Waals surface area contributed by atoms with Gasteiger partial charge in [-0.1, -0.05) is 0 Å². The van der Waals surface area contributed by atoms with Crippen molar-refractivity contribution in [3.05, 3.63) is 35.5 Å². The third-order valence-corrected chi connectivity index (χ3v) is 2.81. The molecule has 0 unspecified atom stereocenters.